The first-order valence-electron chi connectivity index (χ1n) is 5.22. The van der Waals surface area contributed by atoms with Gasteiger partial charge in [0.1, 0.15) is 5.15 Å². The van der Waals surface area contributed by atoms with E-state index in [1.54, 1.807) is 12.3 Å². The molecule has 1 aromatic heterocycles. The number of carbonyl (C=O) groups excluding carboxylic acids is 1. The van der Waals surface area contributed by atoms with E-state index in [0.29, 0.717) is 18.1 Å². The van der Waals surface area contributed by atoms with Gasteiger partial charge in [0.25, 0.3) is 0 Å². The molecule has 5 heteroatoms. The van der Waals surface area contributed by atoms with Gasteiger partial charge in [-0.3, -0.25) is 4.79 Å². The molecule has 2 N–H and O–H groups in total. The van der Waals surface area contributed by atoms with Crippen LogP contribution in [0.1, 0.15) is 20.3 Å². The Hall–Kier alpha value is -1.29. The fourth-order valence-electron chi connectivity index (χ4n) is 1.23. The molecule has 0 aliphatic carbocycles. The lowest BCUT2D eigenvalue weighted by atomic mass is 10.3. The molecular formula is C11H16ClN3O. The summed E-state index contributed by atoms with van der Waals surface area (Å²) in [5.41, 5.74) is 0.873. The first-order chi connectivity index (χ1) is 7.58. The summed E-state index contributed by atoms with van der Waals surface area (Å²) in [7, 11) is 0. The Bertz CT molecular complexity index is 355. The van der Waals surface area contributed by atoms with E-state index in [1.165, 1.54) is 0 Å². The highest BCUT2D eigenvalue weighted by Crippen LogP contribution is 2.11. The molecule has 1 amide bonds. The number of hydrogen-bond donors (Lipinski definition) is 2. The third kappa shape index (κ3) is 4.98. The maximum absolute atomic E-state index is 11.3. The van der Waals surface area contributed by atoms with Crippen LogP contribution >= 0.6 is 11.6 Å². The van der Waals surface area contributed by atoms with Gasteiger partial charge in [0.2, 0.25) is 5.91 Å². The zero-order chi connectivity index (χ0) is 12.0. The normalized spacial score (nSPS) is 10.2. The maximum Gasteiger partial charge on any atom is 0.221 e. The Labute approximate surface area is 100 Å². The fourth-order valence-corrected chi connectivity index (χ4v) is 1.40. The molecular weight excluding hydrogens is 226 g/mol. The Morgan fingerprint density at radius 3 is 2.94 bits per heavy atom. The van der Waals surface area contributed by atoms with Crippen LogP contribution in [0.25, 0.3) is 0 Å². The van der Waals surface area contributed by atoms with E-state index in [1.807, 2.05) is 19.9 Å². The van der Waals surface area contributed by atoms with E-state index in [0.717, 1.165) is 5.69 Å². The summed E-state index contributed by atoms with van der Waals surface area (Å²) >= 11 is 5.72. The zero-order valence-corrected chi connectivity index (χ0v) is 10.2. The molecule has 0 unspecified atom stereocenters. The van der Waals surface area contributed by atoms with Gasteiger partial charge >= 0.3 is 0 Å². The van der Waals surface area contributed by atoms with Crippen LogP contribution in [0.2, 0.25) is 5.15 Å². The maximum atomic E-state index is 11.3. The van der Waals surface area contributed by atoms with Crippen molar-refractivity contribution >= 4 is 23.2 Å². The molecule has 1 heterocycles. The molecule has 88 valence electrons. The number of rotatable bonds is 5. The molecule has 0 aromatic carbocycles. The minimum atomic E-state index is 0.0441. The summed E-state index contributed by atoms with van der Waals surface area (Å²) in [6.45, 7) is 4.46. The van der Waals surface area contributed by atoms with Crippen molar-refractivity contribution in [2.24, 2.45) is 0 Å². The number of amides is 1. The molecule has 0 radical (unpaired) electrons. The van der Waals surface area contributed by atoms with Gasteiger partial charge in [-0.15, -0.1) is 0 Å². The highest BCUT2D eigenvalue weighted by atomic mass is 35.5. The topological polar surface area (TPSA) is 54.0 Å². The van der Waals surface area contributed by atoms with Crippen LogP contribution in [0, 0.1) is 0 Å². The molecule has 0 atom stereocenters. The van der Waals surface area contributed by atoms with Gasteiger partial charge in [0.15, 0.2) is 0 Å². The van der Waals surface area contributed by atoms with Gasteiger partial charge in [-0.2, -0.15) is 0 Å². The van der Waals surface area contributed by atoms with Crippen molar-refractivity contribution in [3.8, 4) is 0 Å². The average molecular weight is 242 g/mol. The molecule has 0 aliphatic heterocycles. The summed E-state index contributed by atoms with van der Waals surface area (Å²) < 4.78 is 0. The van der Waals surface area contributed by atoms with Crippen molar-refractivity contribution in [3.05, 3.63) is 23.5 Å². The van der Waals surface area contributed by atoms with Gasteiger partial charge < -0.3 is 10.6 Å². The predicted octanol–water partition coefficient (Wildman–Crippen LogP) is 2.06. The number of pyridine rings is 1. The largest absolute Gasteiger partial charge is 0.384 e. The van der Waals surface area contributed by atoms with Gasteiger partial charge in [-0.05, 0) is 26.0 Å². The van der Waals surface area contributed by atoms with Crippen molar-refractivity contribution in [1.82, 2.24) is 10.3 Å². The zero-order valence-electron chi connectivity index (χ0n) is 9.46. The van der Waals surface area contributed by atoms with E-state index in [-0.39, 0.29) is 11.9 Å². The summed E-state index contributed by atoms with van der Waals surface area (Å²) in [4.78, 5) is 15.2. The van der Waals surface area contributed by atoms with E-state index < -0.39 is 0 Å². The monoisotopic (exact) mass is 241 g/mol. The SMILES string of the molecule is CC(C)NC(=O)CCNc1ccnc(Cl)c1. The van der Waals surface area contributed by atoms with E-state index in [4.69, 9.17) is 11.6 Å². The Balaban J connectivity index is 2.28. The number of halogens is 1. The molecule has 1 rings (SSSR count). The van der Waals surface area contributed by atoms with Crippen molar-refractivity contribution < 1.29 is 4.79 Å². The lowest BCUT2D eigenvalue weighted by Crippen LogP contribution is -2.31. The van der Waals surface area contributed by atoms with Crippen LogP contribution in [-0.2, 0) is 4.79 Å². The summed E-state index contributed by atoms with van der Waals surface area (Å²) in [6, 6.07) is 3.72. The second-order valence-electron chi connectivity index (χ2n) is 3.77. The van der Waals surface area contributed by atoms with Crippen molar-refractivity contribution in [2.45, 2.75) is 26.3 Å². The highest BCUT2D eigenvalue weighted by molar-refractivity contribution is 6.29. The molecule has 0 saturated heterocycles. The molecule has 16 heavy (non-hydrogen) atoms. The van der Waals surface area contributed by atoms with Crippen molar-refractivity contribution in [3.63, 3.8) is 0 Å². The number of nitrogens with one attached hydrogen (secondary N) is 2. The van der Waals surface area contributed by atoms with Gasteiger partial charge in [-0.1, -0.05) is 11.6 Å². The standard InChI is InChI=1S/C11H16ClN3O/c1-8(2)15-11(16)4-6-13-9-3-5-14-10(12)7-9/h3,5,7-8H,4,6H2,1-2H3,(H,13,14)(H,15,16). The smallest absolute Gasteiger partial charge is 0.221 e. The predicted molar refractivity (Wildman–Crippen MR) is 65.6 cm³/mol. The molecule has 0 fully saturated rings. The quantitative estimate of drug-likeness (QED) is 0.776. The Kier molecular flexibility index (Phi) is 5.05. The van der Waals surface area contributed by atoms with Gasteiger partial charge in [0, 0.05) is 30.9 Å². The second kappa shape index (κ2) is 6.33. The van der Waals surface area contributed by atoms with Crippen LogP contribution in [0.4, 0.5) is 5.69 Å². The van der Waals surface area contributed by atoms with Crippen molar-refractivity contribution in [1.29, 1.82) is 0 Å². The third-order valence-corrected chi connectivity index (χ3v) is 2.06. The van der Waals surface area contributed by atoms with Crippen molar-refractivity contribution in [2.75, 3.05) is 11.9 Å². The molecule has 4 nitrogen and oxygen atoms in total. The van der Waals surface area contributed by atoms with Gasteiger partial charge in [0.05, 0.1) is 0 Å². The van der Waals surface area contributed by atoms with Crippen LogP contribution in [-0.4, -0.2) is 23.5 Å². The van der Waals surface area contributed by atoms with E-state index >= 15 is 0 Å². The number of nitrogens with zero attached hydrogens (tertiary/aromatic N) is 1. The lowest BCUT2D eigenvalue weighted by molar-refractivity contribution is -0.121. The average Bonchev–Trinajstić information content (AvgIpc) is 2.16. The lowest BCUT2D eigenvalue weighted by Gasteiger charge is -2.09. The van der Waals surface area contributed by atoms with Crippen LogP contribution in [0.3, 0.4) is 0 Å². The first kappa shape index (κ1) is 12.8. The minimum absolute atomic E-state index is 0.0441. The molecule has 0 spiro atoms. The van der Waals surface area contributed by atoms with E-state index in [9.17, 15) is 4.79 Å². The van der Waals surface area contributed by atoms with Crippen LogP contribution in [0.5, 0.6) is 0 Å². The fraction of sp³-hybridized carbons (Fsp3) is 0.455. The van der Waals surface area contributed by atoms with Crippen LogP contribution in [0.15, 0.2) is 18.3 Å². The summed E-state index contributed by atoms with van der Waals surface area (Å²) in [6.07, 6.45) is 2.07. The first-order valence-corrected chi connectivity index (χ1v) is 5.60. The number of anilines is 1. The number of hydrogen-bond acceptors (Lipinski definition) is 3. The minimum Gasteiger partial charge on any atom is -0.384 e. The van der Waals surface area contributed by atoms with Crippen LogP contribution < -0.4 is 10.6 Å². The number of aromatic nitrogens is 1. The Morgan fingerprint density at radius 1 is 1.56 bits per heavy atom. The van der Waals surface area contributed by atoms with E-state index in [2.05, 4.69) is 15.6 Å². The highest BCUT2D eigenvalue weighted by Gasteiger charge is 2.02. The number of carbonyl (C=O) groups is 1. The molecule has 0 saturated carbocycles. The summed E-state index contributed by atoms with van der Waals surface area (Å²) in [5.74, 6) is 0.0441. The van der Waals surface area contributed by atoms with Gasteiger partial charge in [-0.25, -0.2) is 4.98 Å². The second-order valence-corrected chi connectivity index (χ2v) is 4.15. The summed E-state index contributed by atoms with van der Waals surface area (Å²) in [5, 5.41) is 6.37. The molecule has 0 bridgehead atoms. The third-order valence-electron chi connectivity index (χ3n) is 1.86. The Morgan fingerprint density at radius 2 is 2.31 bits per heavy atom. The molecule has 1 aromatic rings. The molecule has 0 aliphatic rings.